The molecule has 3 aromatic heterocycles. The molecule has 0 N–H and O–H groups in total. The van der Waals surface area contributed by atoms with E-state index in [4.69, 9.17) is 8.94 Å². The lowest BCUT2D eigenvalue weighted by atomic mass is 10.4. The van der Waals surface area contributed by atoms with Crippen LogP contribution in [0.5, 0.6) is 0 Å². The van der Waals surface area contributed by atoms with Crippen LogP contribution in [0.2, 0.25) is 0 Å². The monoisotopic (exact) mass is 306 g/mol. The minimum atomic E-state index is -0.0651. The summed E-state index contributed by atoms with van der Waals surface area (Å²) in [5.74, 6) is 1.52. The zero-order chi connectivity index (χ0) is 14.8. The van der Waals surface area contributed by atoms with E-state index >= 15 is 0 Å². The Morgan fingerprint density at radius 3 is 2.86 bits per heavy atom. The van der Waals surface area contributed by atoms with Crippen LogP contribution in [0.1, 0.15) is 38.0 Å². The van der Waals surface area contributed by atoms with Crippen LogP contribution >= 0.6 is 11.8 Å². The number of thioether (sulfide) groups is 1. The zero-order valence-corrected chi connectivity index (χ0v) is 12.6. The third kappa shape index (κ3) is 2.82. The number of hydrogen-bond donors (Lipinski definition) is 0. The quantitative estimate of drug-likeness (QED) is 0.664. The predicted octanol–water partition coefficient (Wildman–Crippen LogP) is 2.75. The largest absolute Gasteiger partial charge is 0.461 e. The Kier molecular flexibility index (Phi) is 3.74. The van der Waals surface area contributed by atoms with Gasteiger partial charge in [-0.25, -0.2) is 4.68 Å². The topological polar surface area (TPSA) is 95.7 Å². The SMILES string of the molecule is CC(C)n1nnnc1S[C@H](C)c1nc(-c2ccco2)no1. The molecule has 3 heterocycles. The summed E-state index contributed by atoms with van der Waals surface area (Å²) in [7, 11) is 0. The summed E-state index contributed by atoms with van der Waals surface area (Å²) in [6.45, 7) is 6.00. The molecule has 0 saturated heterocycles. The van der Waals surface area contributed by atoms with Crippen LogP contribution in [0.25, 0.3) is 11.6 Å². The highest BCUT2D eigenvalue weighted by molar-refractivity contribution is 7.99. The van der Waals surface area contributed by atoms with E-state index < -0.39 is 0 Å². The summed E-state index contributed by atoms with van der Waals surface area (Å²) in [5.41, 5.74) is 0. The molecule has 110 valence electrons. The Morgan fingerprint density at radius 2 is 2.14 bits per heavy atom. The van der Waals surface area contributed by atoms with Gasteiger partial charge in [-0.15, -0.1) is 5.10 Å². The van der Waals surface area contributed by atoms with Crippen LogP contribution in [0, 0.1) is 0 Å². The molecule has 9 heteroatoms. The second kappa shape index (κ2) is 5.68. The van der Waals surface area contributed by atoms with E-state index in [2.05, 4.69) is 25.7 Å². The van der Waals surface area contributed by atoms with Gasteiger partial charge in [0.2, 0.25) is 16.9 Å². The van der Waals surface area contributed by atoms with Crippen molar-refractivity contribution >= 4 is 11.8 Å². The van der Waals surface area contributed by atoms with Crippen LogP contribution in [0.4, 0.5) is 0 Å². The maximum atomic E-state index is 5.28. The Bertz CT molecular complexity index is 705. The molecule has 0 saturated carbocycles. The van der Waals surface area contributed by atoms with Crippen molar-refractivity contribution in [2.24, 2.45) is 0 Å². The highest BCUT2D eigenvalue weighted by Gasteiger charge is 2.21. The molecule has 3 rings (SSSR count). The van der Waals surface area contributed by atoms with Gasteiger partial charge >= 0.3 is 0 Å². The van der Waals surface area contributed by atoms with Crippen LogP contribution in [-0.4, -0.2) is 30.3 Å². The Hall–Kier alpha value is -2.16. The van der Waals surface area contributed by atoms with Gasteiger partial charge in [0.1, 0.15) is 0 Å². The number of hydrogen-bond acceptors (Lipinski definition) is 8. The summed E-state index contributed by atoms with van der Waals surface area (Å²) >= 11 is 1.47. The zero-order valence-electron chi connectivity index (χ0n) is 11.8. The number of rotatable bonds is 5. The standard InChI is InChI=1S/C12H14N6O2S/c1-7(2)18-12(14-16-17-18)21-8(3)11-13-10(15-20-11)9-5-4-6-19-9/h4-8H,1-3H3/t8-/m1/s1. The number of nitrogens with zero attached hydrogens (tertiary/aromatic N) is 6. The molecule has 21 heavy (non-hydrogen) atoms. The molecule has 0 amide bonds. The second-order valence-electron chi connectivity index (χ2n) is 4.69. The molecule has 0 unspecified atom stereocenters. The summed E-state index contributed by atoms with van der Waals surface area (Å²) in [6.07, 6.45) is 1.57. The highest BCUT2D eigenvalue weighted by Crippen LogP contribution is 2.33. The first-order valence-corrected chi connectivity index (χ1v) is 7.35. The van der Waals surface area contributed by atoms with Gasteiger partial charge in [-0.1, -0.05) is 16.9 Å². The van der Waals surface area contributed by atoms with Crippen molar-refractivity contribution in [2.75, 3.05) is 0 Å². The average molecular weight is 306 g/mol. The maximum Gasteiger partial charge on any atom is 0.240 e. The van der Waals surface area contributed by atoms with Gasteiger partial charge in [-0.05, 0) is 43.3 Å². The first-order chi connectivity index (χ1) is 10.1. The van der Waals surface area contributed by atoms with Crippen LogP contribution in [-0.2, 0) is 0 Å². The van der Waals surface area contributed by atoms with Crippen LogP contribution < -0.4 is 0 Å². The number of aromatic nitrogens is 6. The van der Waals surface area contributed by atoms with Crippen molar-refractivity contribution in [3.63, 3.8) is 0 Å². The van der Waals surface area contributed by atoms with Crippen LogP contribution in [0.3, 0.4) is 0 Å². The number of tetrazole rings is 1. The van der Waals surface area contributed by atoms with Crippen molar-refractivity contribution in [1.29, 1.82) is 0 Å². The first-order valence-electron chi connectivity index (χ1n) is 6.47. The molecule has 0 aliphatic heterocycles. The lowest BCUT2D eigenvalue weighted by Gasteiger charge is -2.09. The minimum absolute atomic E-state index is 0.0651. The van der Waals surface area contributed by atoms with E-state index in [1.54, 1.807) is 23.1 Å². The van der Waals surface area contributed by atoms with Gasteiger partial charge in [0.15, 0.2) is 5.76 Å². The molecular weight excluding hydrogens is 292 g/mol. The third-order valence-corrected chi connectivity index (χ3v) is 3.80. The van der Waals surface area contributed by atoms with Gasteiger partial charge in [0.25, 0.3) is 0 Å². The second-order valence-corrected chi connectivity index (χ2v) is 6.00. The van der Waals surface area contributed by atoms with E-state index in [0.29, 0.717) is 17.5 Å². The smallest absolute Gasteiger partial charge is 0.240 e. The van der Waals surface area contributed by atoms with E-state index in [9.17, 15) is 0 Å². The normalized spacial score (nSPS) is 13.0. The summed E-state index contributed by atoms with van der Waals surface area (Å²) in [6, 6.07) is 3.75. The van der Waals surface area contributed by atoms with Crippen molar-refractivity contribution in [1.82, 2.24) is 30.3 Å². The third-order valence-electron chi connectivity index (χ3n) is 2.77. The van der Waals surface area contributed by atoms with E-state index in [1.807, 2.05) is 20.8 Å². The fourth-order valence-corrected chi connectivity index (χ4v) is 2.65. The fourth-order valence-electron chi connectivity index (χ4n) is 1.70. The lowest BCUT2D eigenvalue weighted by Crippen LogP contribution is -2.05. The molecule has 0 aromatic carbocycles. The van der Waals surface area contributed by atoms with Gasteiger partial charge in [-0.2, -0.15) is 4.98 Å². The van der Waals surface area contributed by atoms with Crippen molar-refractivity contribution in [3.05, 3.63) is 24.3 Å². The lowest BCUT2D eigenvalue weighted by molar-refractivity contribution is 0.379. The number of furan rings is 1. The van der Waals surface area contributed by atoms with Crippen molar-refractivity contribution in [2.45, 2.75) is 37.2 Å². The Labute approximate surface area is 124 Å². The molecule has 3 aromatic rings. The summed E-state index contributed by atoms with van der Waals surface area (Å²) < 4.78 is 12.3. The van der Waals surface area contributed by atoms with Crippen molar-refractivity contribution in [3.8, 4) is 11.6 Å². The molecule has 8 nitrogen and oxygen atoms in total. The van der Waals surface area contributed by atoms with Gasteiger partial charge in [0, 0.05) is 0 Å². The molecule has 0 fully saturated rings. The molecule has 0 aliphatic carbocycles. The molecule has 0 aliphatic rings. The molecule has 0 radical (unpaired) electrons. The Morgan fingerprint density at radius 1 is 1.29 bits per heavy atom. The molecule has 0 bridgehead atoms. The first kappa shape index (κ1) is 13.8. The molecular formula is C12H14N6O2S. The average Bonchev–Trinajstić information content (AvgIpc) is 3.19. The van der Waals surface area contributed by atoms with E-state index in [1.165, 1.54) is 11.8 Å². The van der Waals surface area contributed by atoms with E-state index in [0.717, 1.165) is 5.16 Å². The van der Waals surface area contributed by atoms with Gasteiger partial charge in [0.05, 0.1) is 17.6 Å². The van der Waals surface area contributed by atoms with Crippen molar-refractivity contribution < 1.29 is 8.94 Å². The van der Waals surface area contributed by atoms with Gasteiger partial charge < -0.3 is 8.94 Å². The highest BCUT2D eigenvalue weighted by atomic mass is 32.2. The predicted molar refractivity (Wildman–Crippen MR) is 74.5 cm³/mol. The van der Waals surface area contributed by atoms with Gasteiger partial charge in [-0.3, -0.25) is 0 Å². The minimum Gasteiger partial charge on any atom is -0.461 e. The fraction of sp³-hybridized carbons (Fsp3) is 0.417. The summed E-state index contributed by atoms with van der Waals surface area (Å²) in [5, 5.41) is 16.2. The molecule has 1 atom stereocenters. The maximum absolute atomic E-state index is 5.28. The van der Waals surface area contributed by atoms with E-state index in [-0.39, 0.29) is 11.3 Å². The summed E-state index contributed by atoms with van der Waals surface area (Å²) in [4.78, 5) is 4.34. The molecule has 0 spiro atoms. The Balaban J connectivity index is 1.76. The van der Waals surface area contributed by atoms with Crippen LogP contribution in [0.15, 0.2) is 32.5 Å².